The van der Waals surface area contributed by atoms with E-state index in [4.69, 9.17) is 0 Å². The van der Waals surface area contributed by atoms with Crippen LogP contribution < -0.4 is 0 Å². The lowest BCUT2D eigenvalue weighted by molar-refractivity contribution is -0.133. The van der Waals surface area contributed by atoms with Crippen molar-refractivity contribution >= 4 is 23.3 Å². The van der Waals surface area contributed by atoms with Crippen LogP contribution in [0.2, 0.25) is 0 Å². The fourth-order valence-electron chi connectivity index (χ4n) is 2.99. The van der Waals surface area contributed by atoms with Crippen LogP contribution in [0, 0.1) is 12.8 Å². The molecule has 1 heterocycles. The van der Waals surface area contributed by atoms with E-state index in [2.05, 4.69) is 32.9 Å². The van der Waals surface area contributed by atoms with Crippen molar-refractivity contribution in [3.63, 3.8) is 0 Å². The zero-order valence-corrected chi connectivity index (χ0v) is 18.3. The van der Waals surface area contributed by atoms with E-state index < -0.39 is 0 Å². The van der Waals surface area contributed by atoms with Crippen molar-refractivity contribution in [3.05, 3.63) is 57.8 Å². The fourth-order valence-corrected chi connectivity index (χ4v) is 3.90. The van der Waals surface area contributed by atoms with Gasteiger partial charge in [-0.15, -0.1) is 11.3 Å². The standard InChI is InChI=1S/C22H31N3O2S/c1-17(2)13-25(22(27)23(4)5)16-21(26)24(14-19-9-7-6-8-10-19)15-20-12-11-18(3)28-20/h6-12,17H,13-16H2,1-5H3. The minimum Gasteiger partial charge on any atom is -0.332 e. The van der Waals surface area contributed by atoms with Gasteiger partial charge in [-0.3, -0.25) is 4.79 Å². The first kappa shape index (κ1) is 22.0. The Hall–Kier alpha value is -2.34. The molecule has 0 unspecified atom stereocenters. The molecular formula is C22H31N3O2S. The second kappa shape index (κ2) is 10.3. The van der Waals surface area contributed by atoms with E-state index in [-0.39, 0.29) is 18.5 Å². The third-order valence-corrected chi connectivity index (χ3v) is 5.26. The summed E-state index contributed by atoms with van der Waals surface area (Å²) in [5.41, 5.74) is 1.08. The molecule has 0 saturated carbocycles. The van der Waals surface area contributed by atoms with Gasteiger partial charge in [0.05, 0.1) is 6.54 Å². The number of hydrogen-bond acceptors (Lipinski definition) is 3. The molecule has 0 radical (unpaired) electrons. The van der Waals surface area contributed by atoms with Gasteiger partial charge in [0.2, 0.25) is 5.91 Å². The SMILES string of the molecule is Cc1ccc(CN(Cc2ccccc2)C(=O)CN(CC(C)C)C(=O)N(C)C)s1. The second-order valence-corrected chi connectivity index (χ2v) is 9.07. The van der Waals surface area contributed by atoms with Gasteiger partial charge < -0.3 is 14.7 Å². The third-order valence-electron chi connectivity index (χ3n) is 4.28. The normalized spacial score (nSPS) is 10.8. The van der Waals surface area contributed by atoms with E-state index in [1.165, 1.54) is 9.78 Å². The Bertz CT molecular complexity index is 771. The van der Waals surface area contributed by atoms with E-state index in [1.807, 2.05) is 35.2 Å². The maximum atomic E-state index is 13.2. The molecular weight excluding hydrogens is 370 g/mol. The summed E-state index contributed by atoms with van der Waals surface area (Å²) in [6, 6.07) is 14.0. The first-order valence-electron chi connectivity index (χ1n) is 9.59. The number of carbonyl (C=O) groups is 2. The highest BCUT2D eigenvalue weighted by Crippen LogP contribution is 2.19. The van der Waals surface area contributed by atoms with Crippen LogP contribution in [0.3, 0.4) is 0 Å². The minimum atomic E-state index is -0.131. The monoisotopic (exact) mass is 401 g/mol. The zero-order chi connectivity index (χ0) is 20.7. The molecule has 0 aliphatic rings. The highest BCUT2D eigenvalue weighted by atomic mass is 32.1. The van der Waals surface area contributed by atoms with Gasteiger partial charge >= 0.3 is 6.03 Å². The molecule has 0 N–H and O–H groups in total. The maximum Gasteiger partial charge on any atom is 0.319 e. The molecule has 0 saturated heterocycles. The number of amides is 3. The van der Waals surface area contributed by atoms with E-state index >= 15 is 0 Å². The average molecular weight is 402 g/mol. The van der Waals surface area contributed by atoms with Crippen LogP contribution in [0.1, 0.15) is 29.2 Å². The van der Waals surface area contributed by atoms with Crippen LogP contribution in [0.15, 0.2) is 42.5 Å². The summed E-state index contributed by atoms with van der Waals surface area (Å²) < 4.78 is 0. The number of benzene rings is 1. The lowest BCUT2D eigenvalue weighted by atomic mass is 10.2. The summed E-state index contributed by atoms with van der Waals surface area (Å²) in [7, 11) is 3.44. The third kappa shape index (κ3) is 6.68. The van der Waals surface area contributed by atoms with Gasteiger partial charge in [-0.1, -0.05) is 44.2 Å². The molecule has 2 aromatic rings. The molecule has 2 rings (SSSR count). The van der Waals surface area contributed by atoms with Gasteiger partial charge in [-0.2, -0.15) is 0 Å². The summed E-state index contributed by atoms with van der Waals surface area (Å²) in [6.45, 7) is 7.90. The molecule has 1 aromatic carbocycles. The topological polar surface area (TPSA) is 43.9 Å². The number of hydrogen-bond donors (Lipinski definition) is 0. The van der Waals surface area contributed by atoms with Crippen molar-refractivity contribution in [2.45, 2.75) is 33.9 Å². The Morgan fingerprint density at radius 1 is 0.964 bits per heavy atom. The minimum absolute atomic E-state index is 0.0363. The Balaban J connectivity index is 2.19. The van der Waals surface area contributed by atoms with Crippen molar-refractivity contribution in [1.29, 1.82) is 0 Å². The van der Waals surface area contributed by atoms with Gasteiger partial charge in [0.1, 0.15) is 6.54 Å². The van der Waals surface area contributed by atoms with E-state index in [9.17, 15) is 9.59 Å². The Kier molecular flexibility index (Phi) is 8.05. The van der Waals surface area contributed by atoms with Crippen LogP contribution in [-0.4, -0.2) is 53.8 Å². The summed E-state index contributed by atoms with van der Waals surface area (Å²) >= 11 is 1.70. The number of aryl methyl sites for hydroxylation is 1. The van der Waals surface area contributed by atoms with E-state index in [0.29, 0.717) is 25.6 Å². The largest absolute Gasteiger partial charge is 0.332 e. The van der Waals surface area contributed by atoms with E-state index in [0.717, 1.165) is 10.4 Å². The number of nitrogens with zero attached hydrogens (tertiary/aromatic N) is 3. The van der Waals surface area contributed by atoms with Crippen LogP contribution in [0.4, 0.5) is 4.79 Å². The summed E-state index contributed by atoms with van der Waals surface area (Å²) in [5, 5.41) is 0. The van der Waals surface area contributed by atoms with Crippen molar-refractivity contribution in [2.24, 2.45) is 5.92 Å². The first-order valence-corrected chi connectivity index (χ1v) is 10.4. The van der Waals surface area contributed by atoms with Crippen molar-refractivity contribution in [1.82, 2.24) is 14.7 Å². The molecule has 1 aromatic heterocycles. The molecule has 0 bridgehead atoms. The molecule has 152 valence electrons. The molecule has 0 spiro atoms. The number of carbonyl (C=O) groups excluding carboxylic acids is 2. The highest BCUT2D eigenvalue weighted by molar-refractivity contribution is 7.11. The van der Waals surface area contributed by atoms with Crippen LogP contribution in [0.25, 0.3) is 0 Å². The van der Waals surface area contributed by atoms with E-state index in [1.54, 1.807) is 30.3 Å². The molecule has 28 heavy (non-hydrogen) atoms. The predicted octanol–water partition coefficient (Wildman–Crippen LogP) is 4.22. The van der Waals surface area contributed by atoms with Crippen molar-refractivity contribution < 1.29 is 9.59 Å². The van der Waals surface area contributed by atoms with Gasteiger partial charge in [0.25, 0.3) is 0 Å². The van der Waals surface area contributed by atoms with Crippen LogP contribution in [-0.2, 0) is 17.9 Å². The second-order valence-electron chi connectivity index (χ2n) is 7.70. The van der Waals surface area contributed by atoms with Crippen molar-refractivity contribution in [2.75, 3.05) is 27.2 Å². The van der Waals surface area contributed by atoms with Gasteiger partial charge in [0.15, 0.2) is 0 Å². The van der Waals surface area contributed by atoms with Crippen molar-refractivity contribution in [3.8, 4) is 0 Å². The quantitative estimate of drug-likeness (QED) is 0.665. The molecule has 3 amide bonds. The molecule has 0 aliphatic heterocycles. The van der Waals surface area contributed by atoms with Gasteiger partial charge in [-0.25, -0.2) is 4.79 Å². The predicted molar refractivity (Wildman–Crippen MR) is 115 cm³/mol. The summed E-state index contributed by atoms with van der Waals surface area (Å²) in [5.74, 6) is 0.255. The molecule has 0 atom stereocenters. The Morgan fingerprint density at radius 2 is 1.64 bits per heavy atom. The summed E-state index contributed by atoms with van der Waals surface area (Å²) in [6.07, 6.45) is 0. The zero-order valence-electron chi connectivity index (χ0n) is 17.5. The fraction of sp³-hybridized carbons (Fsp3) is 0.455. The lowest BCUT2D eigenvalue weighted by Crippen LogP contribution is -2.47. The van der Waals surface area contributed by atoms with Gasteiger partial charge in [0, 0.05) is 36.9 Å². The number of rotatable bonds is 8. The maximum absolute atomic E-state index is 13.2. The Labute approximate surface area is 172 Å². The molecule has 0 aliphatic carbocycles. The molecule has 0 fully saturated rings. The van der Waals surface area contributed by atoms with Gasteiger partial charge in [-0.05, 0) is 30.5 Å². The number of thiophene rings is 1. The smallest absolute Gasteiger partial charge is 0.319 e. The first-order chi connectivity index (χ1) is 13.3. The highest BCUT2D eigenvalue weighted by Gasteiger charge is 2.23. The molecule has 6 heteroatoms. The van der Waals surface area contributed by atoms with Crippen LogP contribution in [0.5, 0.6) is 0 Å². The lowest BCUT2D eigenvalue weighted by Gasteiger charge is -2.30. The van der Waals surface area contributed by atoms with Crippen LogP contribution >= 0.6 is 11.3 Å². The molecule has 5 nitrogen and oxygen atoms in total. The summed E-state index contributed by atoms with van der Waals surface area (Å²) in [4.78, 5) is 33.1. The number of urea groups is 1. The Morgan fingerprint density at radius 3 is 2.18 bits per heavy atom. The average Bonchev–Trinajstić information content (AvgIpc) is 3.05.